The Labute approximate surface area is 79.0 Å². The van der Waals surface area contributed by atoms with Gasteiger partial charge in [-0.2, -0.15) is 16.5 Å². The molecule has 11 heavy (non-hydrogen) atoms. The summed E-state index contributed by atoms with van der Waals surface area (Å²) in [6, 6.07) is 0. The summed E-state index contributed by atoms with van der Waals surface area (Å²) in [4.78, 5) is 0. The van der Waals surface area contributed by atoms with E-state index in [-0.39, 0.29) is 0 Å². The van der Waals surface area contributed by atoms with Crippen molar-refractivity contribution in [1.29, 1.82) is 0 Å². The molecule has 0 aliphatic heterocycles. The van der Waals surface area contributed by atoms with Gasteiger partial charge < -0.3 is 0 Å². The fourth-order valence-electron chi connectivity index (χ4n) is 0.976. The monoisotopic (exact) mass is 196 g/mol. The van der Waals surface area contributed by atoms with Gasteiger partial charge in [-0.15, -0.1) is 0 Å². The highest BCUT2D eigenvalue weighted by molar-refractivity contribution is 7.94. The van der Waals surface area contributed by atoms with Crippen LogP contribution in [-0.4, -0.2) is 11.5 Å². The summed E-state index contributed by atoms with van der Waals surface area (Å²) in [5.74, 6) is 1.67. The van der Waals surface area contributed by atoms with Crippen LogP contribution in [-0.2, 0) is 0 Å². The Bertz CT molecular complexity index is 61.1. The Hall–Kier alpha value is 0.630. The van der Waals surface area contributed by atoms with E-state index in [0.717, 1.165) is 12.2 Å². The largest absolute Gasteiger partial charge is 0.179 e. The van der Waals surface area contributed by atoms with E-state index >= 15 is 0 Å². The van der Waals surface area contributed by atoms with Gasteiger partial charge in [0.1, 0.15) is 0 Å². The maximum atomic E-state index is 11.5. The molecular weight excluding hydrogens is 179 g/mol. The van der Waals surface area contributed by atoms with Crippen molar-refractivity contribution < 1.29 is 3.89 Å². The molecule has 0 saturated heterocycles. The van der Waals surface area contributed by atoms with Crippen molar-refractivity contribution in [2.45, 2.75) is 38.5 Å². The van der Waals surface area contributed by atoms with Crippen LogP contribution in [0.2, 0.25) is 0 Å². The summed E-state index contributed by atoms with van der Waals surface area (Å²) in [5, 5.41) is 0. The average Bonchev–Trinajstić information content (AvgIpc) is 2.03. The molecule has 0 aliphatic rings. The lowest BCUT2D eigenvalue weighted by Crippen LogP contribution is -1.81. The molecule has 0 nitrogen and oxygen atoms in total. The van der Waals surface area contributed by atoms with E-state index in [0.29, 0.717) is 17.9 Å². The maximum absolute atomic E-state index is 11.5. The van der Waals surface area contributed by atoms with E-state index in [2.05, 4.69) is 12.6 Å². The van der Waals surface area contributed by atoms with Crippen molar-refractivity contribution in [2.75, 3.05) is 11.5 Å². The van der Waals surface area contributed by atoms with Gasteiger partial charge in [0, 0.05) is 17.9 Å². The number of thiol groups is 1. The third kappa shape index (κ3) is 10.6. The first kappa shape index (κ1) is 11.6. The summed E-state index contributed by atoms with van der Waals surface area (Å²) in [6.45, 7) is 0. The molecule has 0 rings (SSSR count). The molecule has 0 heterocycles. The lowest BCUT2D eigenvalue weighted by Gasteiger charge is -1.97. The molecule has 0 unspecified atom stereocenters. The van der Waals surface area contributed by atoms with Gasteiger partial charge in [-0.3, -0.25) is 0 Å². The van der Waals surface area contributed by atoms with Gasteiger partial charge in [0.15, 0.2) is 0 Å². The zero-order valence-electron chi connectivity index (χ0n) is 6.89. The molecule has 0 aromatic rings. The van der Waals surface area contributed by atoms with Gasteiger partial charge in [0.05, 0.1) is 0 Å². The highest BCUT2D eigenvalue weighted by atomic mass is 32.2. The van der Waals surface area contributed by atoms with Crippen LogP contribution < -0.4 is 0 Å². The van der Waals surface area contributed by atoms with Gasteiger partial charge in [-0.25, -0.2) is 0 Å². The van der Waals surface area contributed by atoms with E-state index in [1.54, 1.807) is 0 Å². The number of hydrogen-bond donors (Lipinski definition) is 1. The van der Waals surface area contributed by atoms with Gasteiger partial charge in [0.25, 0.3) is 0 Å². The number of halogens is 1. The molecule has 0 spiro atoms. The highest BCUT2D eigenvalue weighted by Crippen LogP contribution is 2.09. The lowest BCUT2D eigenvalue weighted by atomic mass is 10.1. The summed E-state index contributed by atoms with van der Waals surface area (Å²) in [7, 11) is 0. The van der Waals surface area contributed by atoms with Crippen LogP contribution in [0.4, 0.5) is 3.89 Å². The molecular formula is C8H17FS2. The molecule has 0 atom stereocenters. The zero-order valence-corrected chi connectivity index (χ0v) is 8.60. The van der Waals surface area contributed by atoms with Gasteiger partial charge >= 0.3 is 0 Å². The highest BCUT2D eigenvalue weighted by Gasteiger charge is 1.90. The zero-order chi connectivity index (χ0) is 8.36. The summed E-state index contributed by atoms with van der Waals surface area (Å²) >= 11 is 4.58. The molecule has 0 amide bonds. The predicted molar refractivity (Wildman–Crippen MR) is 55.1 cm³/mol. The van der Waals surface area contributed by atoms with Crippen LogP contribution in [0.1, 0.15) is 38.5 Å². The summed E-state index contributed by atoms with van der Waals surface area (Å²) in [5.41, 5.74) is 0. The van der Waals surface area contributed by atoms with E-state index in [1.807, 2.05) is 0 Å². The second-order valence-corrected chi connectivity index (χ2v) is 3.73. The SMILES string of the molecule is FSCCCCCCCCS. The Morgan fingerprint density at radius 2 is 1.45 bits per heavy atom. The molecule has 0 aliphatic carbocycles. The van der Waals surface area contributed by atoms with Crippen molar-refractivity contribution in [3.05, 3.63) is 0 Å². The van der Waals surface area contributed by atoms with Crippen molar-refractivity contribution >= 4 is 24.8 Å². The molecule has 0 saturated carbocycles. The minimum atomic E-state index is 0.458. The first-order chi connectivity index (χ1) is 5.41. The fourth-order valence-corrected chi connectivity index (χ4v) is 1.51. The van der Waals surface area contributed by atoms with Crippen LogP contribution in [0.3, 0.4) is 0 Å². The summed E-state index contributed by atoms with van der Waals surface area (Å²) < 4.78 is 11.5. The van der Waals surface area contributed by atoms with Crippen LogP contribution in [0.25, 0.3) is 0 Å². The standard InChI is InChI=1S/C8H17FS2/c9-11-8-6-4-2-1-3-5-7-10/h10H,1-8H2. The molecule has 68 valence electrons. The second kappa shape index (κ2) is 10.6. The van der Waals surface area contributed by atoms with Crippen LogP contribution >= 0.6 is 24.8 Å². The van der Waals surface area contributed by atoms with Crippen molar-refractivity contribution in [2.24, 2.45) is 0 Å². The van der Waals surface area contributed by atoms with E-state index in [4.69, 9.17) is 0 Å². The Morgan fingerprint density at radius 1 is 0.909 bits per heavy atom. The molecule has 0 N–H and O–H groups in total. The van der Waals surface area contributed by atoms with E-state index in [9.17, 15) is 3.89 Å². The number of rotatable bonds is 8. The van der Waals surface area contributed by atoms with Gasteiger partial charge in [-0.05, 0) is 18.6 Å². The predicted octanol–water partition coefficient (Wildman–Crippen LogP) is 3.87. The minimum absolute atomic E-state index is 0.458. The maximum Gasteiger partial charge on any atom is 0.0443 e. The summed E-state index contributed by atoms with van der Waals surface area (Å²) in [6.07, 6.45) is 7.27. The number of unbranched alkanes of at least 4 members (excludes halogenated alkanes) is 5. The third-order valence-corrected chi connectivity index (χ3v) is 2.39. The fraction of sp³-hybridized carbons (Fsp3) is 1.00. The Morgan fingerprint density at radius 3 is 2.00 bits per heavy atom. The molecule has 0 fully saturated rings. The van der Waals surface area contributed by atoms with E-state index in [1.165, 1.54) is 32.1 Å². The van der Waals surface area contributed by atoms with Crippen molar-refractivity contribution in [3.8, 4) is 0 Å². The first-order valence-electron chi connectivity index (χ1n) is 4.26. The average molecular weight is 196 g/mol. The Balaban J connectivity index is 2.69. The van der Waals surface area contributed by atoms with Gasteiger partial charge in [0.2, 0.25) is 0 Å². The van der Waals surface area contributed by atoms with Crippen molar-refractivity contribution in [1.82, 2.24) is 0 Å². The van der Waals surface area contributed by atoms with Crippen LogP contribution in [0.5, 0.6) is 0 Å². The van der Waals surface area contributed by atoms with Gasteiger partial charge in [-0.1, -0.05) is 25.7 Å². The normalized spacial score (nSPS) is 10.4. The lowest BCUT2D eigenvalue weighted by molar-refractivity contribution is 0.628. The molecule has 0 aromatic carbocycles. The molecule has 0 bridgehead atoms. The first-order valence-corrected chi connectivity index (χ1v) is 5.78. The quantitative estimate of drug-likeness (QED) is 0.454. The molecule has 0 aromatic heterocycles. The van der Waals surface area contributed by atoms with E-state index < -0.39 is 0 Å². The van der Waals surface area contributed by atoms with Crippen molar-refractivity contribution in [3.63, 3.8) is 0 Å². The Kier molecular flexibility index (Phi) is 11.2. The number of hydrogen-bond acceptors (Lipinski definition) is 2. The smallest absolute Gasteiger partial charge is 0.0443 e. The topological polar surface area (TPSA) is 0 Å². The minimum Gasteiger partial charge on any atom is -0.179 e. The molecule has 0 radical (unpaired) electrons. The third-order valence-electron chi connectivity index (χ3n) is 1.63. The molecule has 3 heteroatoms. The second-order valence-electron chi connectivity index (χ2n) is 2.66. The van der Waals surface area contributed by atoms with Crippen LogP contribution in [0, 0.1) is 0 Å². The van der Waals surface area contributed by atoms with Crippen LogP contribution in [0.15, 0.2) is 0 Å².